The maximum Gasteiger partial charge on any atom is 0.265 e. The molecule has 162 valence electrons. The van der Waals surface area contributed by atoms with Crippen LogP contribution in [0.4, 0.5) is 10.1 Å². The third kappa shape index (κ3) is 4.39. The van der Waals surface area contributed by atoms with Gasteiger partial charge in [-0.25, -0.2) is 4.39 Å². The van der Waals surface area contributed by atoms with Crippen molar-refractivity contribution in [1.82, 2.24) is 0 Å². The molecule has 3 aromatic carbocycles. The van der Waals surface area contributed by atoms with E-state index in [0.29, 0.717) is 16.7 Å². The Hall–Kier alpha value is -3.93. The van der Waals surface area contributed by atoms with E-state index in [2.05, 4.69) is 5.32 Å². The number of hydrogen-bond donors (Lipinski definition) is 1. The van der Waals surface area contributed by atoms with E-state index in [-0.39, 0.29) is 17.0 Å². The van der Waals surface area contributed by atoms with Gasteiger partial charge in [-0.1, -0.05) is 18.2 Å². The van der Waals surface area contributed by atoms with Crippen molar-refractivity contribution in [1.29, 1.82) is 0 Å². The van der Waals surface area contributed by atoms with Gasteiger partial charge in [0.15, 0.2) is 11.9 Å². The molecule has 0 fully saturated rings. The van der Waals surface area contributed by atoms with Gasteiger partial charge in [-0.2, -0.15) is 0 Å². The number of hydrogen-bond acceptors (Lipinski definition) is 4. The number of amides is 1. The van der Waals surface area contributed by atoms with Gasteiger partial charge >= 0.3 is 0 Å². The SMILES string of the molecule is Cc1cc(C)cc(O[C@H](C)C(=O)Nc2c(C(=O)c3ccc(F)cc3)oc3ccccc23)c1. The van der Waals surface area contributed by atoms with Crippen LogP contribution in [0.5, 0.6) is 5.75 Å². The van der Waals surface area contributed by atoms with Crippen molar-refractivity contribution in [2.24, 2.45) is 0 Å². The molecule has 4 rings (SSSR count). The highest BCUT2D eigenvalue weighted by molar-refractivity contribution is 6.17. The normalized spacial score (nSPS) is 11.9. The lowest BCUT2D eigenvalue weighted by Crippen LogP contribution is -2.30. The Labute approximate surface area is 184 Å². The number of carbonyl (C=O) groups is 2. The third-order valence-corrected chi connectivity index (χ3v) is 5.03. The zero-order valence-corrected chi connectivity index (χ0v) is 17.9. The summed E-state index contributed by atoms with van der Waals surface area (Å²) < 4.78 is 24.9. The molecule has 1 atom stereocenters. The predicted octanol–water partition coefficient (Wildman–Crippen LogP) is 5.83. The lowest BCUT2D eigenvalue weighted by Gasteiger charge is -2.16. The van der Waals surface area contributed by atoms with Crippen molar-refractivity contribution in [3.8, 4) is 5.75 Å². The summed E-state index contributed by atoms with van der Waals surface area (Å²) in [4.78, 5) is 26.0. The number of benzene rings is 3. The molecule has 5 nitrogen and oxygen atoms in total. The van der Waals surface area contributed by atoms with Crippen LogP contribution in [0.2, 0.25) is 0 Å². The van der Waals surface area contributed by atoms with Crippen molar-refractivity contribution in [2.75, 3.05) is 5.32 Å². The number of furan rings is 1. The standard InChI is InChI=1S/C26H22FNO4/c1-15-12-16(2)14-20(13-15)31-17(3)26(30)28-23-21-6-4-5-7-22(21)32-25(23)24(29)18-8-10-19(27)11-9-18/h4-14,17H,1-3H3,(H,28,30)/t17-/m1/s1. The molecule has 1 amide bonds. The molecule has 0 aliphatic heterocycles. The van der Waals surface area contributed by atoms with Crippen molar-refractivity contribution < 1.29 is 23.1 Å². The largest absolute Gasteiger partial charge is 0.481 e. The Balaban J connectivity index is 1.64. The number of halogens is 1. The van der Waals surface area contributed by atoms with Gasteiger partial charge < -0.3 is 14.5 Å². The Morgan fingerprint density at radius 3 is 2.31 bits per heavy atom. The molecule has 0 spiro atoms. The first kappa shape index (κ1) is 21.3. The molecule has 0 saturated carbocycles. The minimum atomic E-state index is -0.821. The fourth-order valence-electron chi connectivity index (χ4n) is 3.55. The van der Waals surface area contributed by atoms with Crippen molar-refractivity contribution in [3.05, 3.63) is 95.0 Å². The number of rotatable bonds is 6. The molecule has 1 heterocycles. The number of ketones is 1. The maximum absolute atomic E-state index is 13.3. The van der Waals surface area contributed by atoms with E-state index in [9.17, 15) is 14.0 Å². The van der Waals surface area contributed by atoms with E-state index in [0.717, 1.165) is 11.1 Å². The first-order valence-corrected chi connectivity index (χ1v) is 10.2. The van der Waals surface area contributed by atoms with E-state index >= 15 is 0 Å². The molecule has 32 heavy (non-hydrogen) atoms. The number of fused-ring (bicyclic) bond motifs is 1. The van der Waals surface area contributed by atoms with Crippen molar-refractivity contribution in [3.63, 3.8) is 0 Å². The predicted molar refractivity (Wildman–Crippen MR) is 121 cm³/mol. The molecule has 0 unspecified atom stereocenters. The van der Waals surface area contributed by atoms with Crippen LogP contribution in [0.3, 0.4) is 0 Å². The van der Waals surface area contributed by atoms with Crippen LogP contribution < -0.4 is 10.1 Å². The minimum Gasteiger partial charge on any atom is -0.481 e. The Morgan fingerprint density at radius 2 is 1.62 bits per heavy atom. The summed E-state index contributed by atoms with van der Waals surface area (Å²) in [6, 6.07) is 17.9. The topological polar surface area (TPSA) is 68.5 Å². The van der Waals surface area contributed by atoms with Gasteiger partial charge in [-0.05, 0) is 80.4 Å². The second kappa shape index (κ2) is 8.67. The summed E-state index contributed by atoms with van der Waals surface area (Å²) in [7, 11) is 0. The number of ether oxygens (including phenoxy) is 1. The highest BCUT2D eigenvalue weighted by Crippen LogP contribution is 2.33. The van der Waals surface area contributed by atoms with Gasteiger partial charge in [0.25, 0.3) is 5.91 Å². The lowest BCUT2D eigenvalue weighted by molar-refractivity contribution is -0.122. The van der Waals surface area contributed by atoms with Crippen LogP contribution >= 0.6 is 0 Å². The van der Waals surface area contributed by atoms with Crippen LogP contribution in [-0.4, -0.2) is 17.8 Å². The monoisotopic (exact) mass is 431 g/mol. The molecule has 0 aliphatic rings. The van der Waals surface area contributed by atoms with Crippen LogP contribution in [0, 0.1) is 19.7 Å². The van der Waals surface area contributed by atoms with Crippen molar-refractivity contribution in [2.45, 2.75) is 26.9 Å². The Bertz CT molecular complexity index is 1290. The molecule has 0 radical (unpaired) electrons. The molecule has 1 N–H and O–H groups in total. The summed E-state index contributed by atoms with van der Waals surface area (Å²) in [5.74, 6) is -0.769. The number of aryl methyl sites for hydroxylation is 2. The summed E-state index contributed by atoms with van der Waals surface area (Å²) in [5, 5.41) is 3.38. The lowest BCUT2D eigenvalue weighted by atomic mass is 10.1. The van der Waals surface area contributed by atoms with Gasteiger partial charge in [0.1, 0.15) is 17.1 Å². The summed E-state index contributed by atoms with van der Waals surface area (Å²) in [6.07, 6.45) is -0.821. The zero-order valence-electron chi connectivity index (χ0n) is 17.9. The minimum absolute atomic E-state index is 0.0234. The second-order valence-corrected chi connectivity index (χ2v) is 7.71. The number of carbonyl (C=O) groups excluding carboxylic acids is 2. The van der Waals surface area contributed by atoms with Crippen LogP contribution in [-0.2, 0) is 4.79 Å². The van der Waals surface area contributed by atoms with E-state index in [4.69, 9.17) is 9.15 Å². The van der Waals surface area contributed by atoms with Crippen LogP contribution in [0.25, 0.3) is 11.0 Å². The zero-order chi connectivity index (χ0) is 22.8. The summed E-state index contributed by atoms with van der Waals surface area (Å²) in [5.41, 5.74) is 3.02. The Kier molecular flexibility index (Phi) is 5.77. The van der Waals surface area contributed by atoms with Crippen molar-refractivity contribution >= 4 is 28.3 Å². The van der Waals surface area contributed by atoms with Gasteiger partial charge in [-0.15, -0.1) is 0 Å². The van der Waals surface area contributed by atoms with E-state index < -0.39 is 23.6 Å². The Morgan fingerprint density at radius 1 is 0.969 bits per heavy atom. The molecule has 4 aromatic rings. The quantitative estimate of drug-likeness (QED) is 0.390. The van der Waals surface area contributed by atoms with Crippen LogP contribution in [0.15, 0.2) is 71.1 Å². The first-order chi connectivity index (χ1) is 15.3. The summed E-state index contributed by atoms with van der Waals surface area (Å²) >= 11 is 0. The molecule has 1 aromatic heterocycles. The fourth-order valence-corrected chi connectivity index (χ4v) is 3.55. The first-order valence-electron chi connectivity index (χ1n) is 10.2. The van der Waals surface area contributed by atoms with E-state index in [1.807, 2.05) is 32.0 Å². The third-order valence-electron chi connectivity index (χ3n) is 5.03. The highest BCUT2D eigenvalue weighted by Gasteiger charge is 2.25. The number of para-hydroxylation sites is 1. The smallest absolute Gasteiger partial charge is 0.265 e. The average molecular weight is 431 g/mol. The van der Waals surface area contributed by atoms with E-state index in [1.54, 1.807) is 31.2 Å². The number of anilines is 1. The van der Waals surface area contributed by atoms with Gasteiger partial charge in [0, 0.05) is 10.9 Å². The maximum atomic E-state index is 13.3. The fraction of sp³-hybridized carbons (Fsp3) is 0.154. The molecule has 0 saturated heterocycles. The molecular weight excluding hydrogens is 409 g/mol. The van der Waals surface area contributed by atoms with Crippen LogP contribution in [0.1, 0.15) is 34.2 Å². The van der Waals surface area contributed by atoms with Gasteiger partial charge in [0.05, 0.1) is 5.69 Å². The van der Waals surface area contributed by atoms with E-state index in [1.165, 1.54) is 24.3 Å². The molecule has 6 heteroatoms. The highest BCUT2D eigenvalue weighted by atomic mass is 19.1. The molecular formula is C26H22FNO4. The summed E-state index contributed by atoms with van der Waals surface area (Å²) in [6.45, 7) is 5.54. The molecule has 0 bridgehead atoms. The average Bonchev–Trinajstić information content (AvgIpc) is 3.11. The second-order valence-electron chi connectivity index (χ2n) is 7.71. The van der Waals surface area contributed by atoms with Gasteiger partial charge in [0.2, 0.25) is 5.78 Å². The van der Waals surface area contributed by atoms with Gasteiger partial charge in [-0.3, -0.25) is 9.59 Å². The molecule has 0 aliphatic carbocycles. The number of nitrogens with one attached hydrogen (secondary N) is 1.